The Morgan fingerprint density at radius 1 is 0.775 bits per heavy atom. The SMILES string of the molecule is CCC(C)c1ccc(SC2CCC3C4C(C#N)C(=O)NC4C4C(Sc5ccc(C(C)CC)cc5)CCC2C34)cc1. The van der Waals surface area contributed by atoms with E-state index in [4.69, 9.17) is 0 Å². The van der Waals surface area contributed by atoms with E-state index in [0.717, 1.165) is 12.8 Å². The van der Waals surface area contributed by atoms with Gasteiger partial charge in [0.2, 0.25) is 5.91 Å². The van der Waals surface area contributed by atoms with E-state index in [1.165, 1.54) is 46.6 Å². The number of hydrogen-bond acceptors (Lipinski definition) is 4. The van der Waals surface area contributed by atoms with Gasteiger partial charge in [-0.2, -0.15) is 5.26 Å². The Labute approximate surface area is 249 Å². The number of hydrogen-bond donors (Lipinski definition) is 1. The van der Waals surface area contributed by atoms with Crippen molar-refractivity contribution in [2.45, 2.75) is 104 Å². The van der Waals surface area contributed by atoms with Crippen molar-refractivity contribution in [3.05, 3.63) is 59.7 Å². The van der Waals surface area contributed by atoms with Crippen molar-refractivity contribution < 1.29 is 4.79 Å². The fourth-order valence-corrected chi connectivity index (χ4v) is 11.4. The number of carbonyl (C=O) groups is 1. The third kappa shape index (κ3) is 5.02. The van der Waals surface area contributed by atoms with Gasteiger partial charge in [0.05, 0.1) is 6.07 Å². The number of nitrogens with zero attached hydrogens (tertiary/aromatic N) is 1. The second-order valence-corrected chi connectivity index (χ2v) is 15.6. The fraction of sp³-hybridized carbons (Fsp3) is 0.600. The first kappa shape index (κ1) is 28.2. The van der Waals surface area contributed by atoms with Crippen LogP contribution in [-0.2, 0) is 4.79 Å². The van der Waals surface area contributed by atoms with Crippen molar-refractivity contribution in [3.63, 3.8) is 0 Å². The summed E-state index contributed by atoms with van der Waals surface area (Å²) in [6.07, 6.45) is 7.12. The third-order valence-electron chi connectivity index (χ3n) is 11.0. The molecule has 0 spiro atoms. The van der Waals surface area contributed by atoms with Crippen molar-refractivity contribution in [2.24, 2.45) is 35.5 Å². The van der Waals surface area contributed by atoms with Crippen molar-refractivity contribution in [3.8, 4) is 6.07 Å². The van der Waals surface area contributed by atoms with Gasteiger partial charge in [-0.05, 0) is 109 Å². The number of rotatable bonds is 8. The molecule has 4 fully saturated rings. The molecule has 5 heteroatoms. The molecule has 11 unspecified atom stereocenters. The Morgan fingerprint density at radius 3 is 1.85 bits per heavy atom. The van der Waals surface area contributed by atoms with Gasteiger partial charge in [-0.25, -0.2) is 0 Å². The number of fused-ring (bicyclic) bond motifs is 3. The molecule has 4 aliphatic rings. The molecule has 3 saturated carbocycles. The van der Waals surface area contributed by atoms with Crippen LogP contribution in [0.1, 0.15) is 89.2 Å². The smallest absolute Gasteiger partial charge is 0.237 e. The highest BCUT2D eigenvalue weighted by Gasteiger charge is 2.65. The monoisotopic (exact) mass is 572 g/mol. The molecule has 0 aromatic heterocycles. The van der Waals surface area contributed by atoms with Gasteiger partial charge in [0.15, 0.2) is 0 Å². The summed E-state index contributed by atoms with van der Waals surface area (Å²) in [5, 5.41) is 14.5. The summed E-state index contributed by atoms with van der Waals surface area (Å²) in [4.78, 5) is 15.6. The zero-order chi connectivity index (χ0) is 28.0. The first-order valence-electron chi connectivity index (χ1n) is 15.7. The van der Waals surface area contributed by atoms with Gasteiger partial charge in [-0.3, -0.25) is 4.79 Å². The highest BCUT2D eigenvalue weighted by atomic mass is 32.2. The number of thioether (sulfide) groups is 2. The standard InChI is InChI=1S/C35H44N2OS2/c1-5-20(3)22-7-11-24(12-8-22)39-29-17-16-27-31-26(29)15-18-30(33(31)34-32(27)28(19-36)35(38)37-34)40-25-13-9-23(10-14-25)21(4)6-2/h7-14,20-21,26-34H,5-6,15-18H2,1-4H3,(H,37,38). The summed E-state index contributed by atoms with van der Waals surface area (Å²) in [5.41, 5.74) is 2.85. The maximum Gasteiger partial charge on any atom is 0.237 e. The van der Waals surface area contributed by atoms with Gasteiger partial charge in [0.1, 0.15) is 5.92 Å². The van der Waals surface area contributed by atoms with Gasteiger partial charge < -0.3 is 5.32 Å². The second kappa shape index (κ2) is 11.8. The molecule has 11 atom stereocenters. The van der Waals surface area contributed by atoms with E-state index in [1.807, 2.05) is 11.8 Å². The normalized spacial score (nSPS) is 35.8. The summed E-state index contributed by atoms with van der Waals surface area (Å²) in [5.74, 6) is 3.09. The molecule has 1 amide bonds. The first-order chi connectivity index (χ1) is 19.4. The topological polar surface area (TPSA) is 52.9 Å². The number of nitriles is 1. The van der Waals surface area contributed by atoms with Crippen LogP contribution in [0.3, 0.4) is 0 Å². The third-order valence-corrected chi connectivity index (χ3v) is 13.9. The lowest BCUT2D eigenvalue weighted by molar-refractivity contribution is -0.122. The van der Waals surface area contributed by atoms with E-state index < -0.39 is 5.92 Å². The quantitative estimate of drug-likeness (QED) is 0.344. The Balaban J connectivity index is 1.25. The zero-order valence-electron chi connectivity index (χ0n) is 24.4. The van der Waals surface area contributed by atoms with Crippen molar-refractivity contribution in [2.75, 3.05) is 0 Å². The molecule has 1 heterocycles. The maximum atomic E-state index is 12.9. The molecule has 40 heavy (non-hydrogen) atoms. The Morgan fingerprint density at radius 2 is 1.30 bits per heavy atom. The molecule has 0 radical (unpaired) electrons. The van der Waals surface area contributed by atoms with Crippen molar-refractivity contribution in [1.29, 1.82) is 5.26 Å². The maximum absolute atomic E-state index is 12.9. The molecule has 212 valence electrons. The van der Waals surface area contributed by atoms with Crippen LogP contribution in [0.5, 0.6) is 0 Å². The number of amides is 1. The van der Waals surface area contributed by atoms with Crippen LogP contribution in [0.25, 0.3) is 0 Å². The van der Waals surface area contributed by atoms with Crippen LogP contribution in [0.2, 0.25) is 0 Å². The van der Waals surface area contributed by atoms with E-state index in [1.54, 1.807) is 0 Å². The Bertz CT molecular complexity index is 1240. The minimum Gasteiger partial charge on any atom is -0.352 e. The average Bonchev–Trinajstić information content (AvgIpc) is 3.48. The Kier molecular flexibility index (Phi) is 8.30. The van der Waals surface area contributed by atoms with Gasteiger partial charge in [-0.15, -0.1) is 23.5 Å². The van der Waals surface area contributed by atoms with Gasteiger partial charge in [0.25, 0.3) is 0 Å². The highest BCUT2D eigenvalue weighted by molar-refractivity contribution is 8.00. The summed E-state index contributed by atoms with van der Waals surface area (Å²) >= 11 is 4.13. The van der Waals surface area contributed by atoms with Crippen LogP contribution in [0, 0.1) is 46.8 Å². The lowest BCUT2D eigenvalue weighted by Crippen LogP contribution is -2.48. The molecular weight excluding hydrogens is 529 g/mol. The first-order valence-corrected chi connectivity index (χ1v) is 17.4. The Hall–Kier alpha value is -1.90. The molecule has 1 N–H and O–H groups in total. The molecule has 6 rings (SSSR count). The number of nitrogens with one attached hydrogen (secondary N) is 1. The molecule has 1 aliphatic heterocycles. The lowest BCUT2D eigenvalue weighted by atomic mass is 9.63. The molecule has 2 aromatic rings. The van der Waals surface area contributed by atoms with Crippen LogP contribution in [-0.4, -0.2) is 22.4 Å². The van der Waals surface area contributed by atoms with Crippen LogP contribution < -0.4 is 5.32 Å². The van der Waals surface area contributed by atoms with Crippen LogP contribution in [0.15, 0.2) is 58.3 Å². The minimum absolute atomic E-state index is 0.0161. The predicted molar refractivity (Wildman–Crippen MR) is 167 cm³/mol. The van der Waals surface area contributed by atoms with Gasteiger partial charge >= 0.3 is 0 Å². The average molecular weight is 573 g/mol. The molecule has 3 aliphatic carbocycles. The van der Waals surface area contributed by atoms with E-state index in [-0.39, 0.29) is 17.9 Å². The van der Waals surface area contributed by atoms with E-state index in [2.05, 4.69) is 99.4 Å². The summed E-state index contributed by atoms with van der Waals surface area (Å²) in [6.45, 7) is 9.12. The lowest BCUT2D eigenvalue weighted by Gasteiger charge is -2.49. The van der Waals surface area contributed by atoms with E-state index >= 15 is 0 Å². The number of benzene rings is 2. The highest BCUT2D eigenvalue weighted by Crippen LogP contribution is 2.63. The van der Waals surface area contributed by atoms with Gasteiger partial charge in [0, 0.05) is 32.3 Å². The van der Waals surface area contributed by atoms with E-state index in [0.29, 0.717) is 46.0 Å². The molecule has 3 nitrogen and oxygen atoms in total. The second-order valence-electron chi connectivity index (χ2n) is 12.9. The van der Waals surface area contributed by atoms with Crippen molar-refractivity contribution >= 4 is 29.4 Å². The molecule has 0 bridgehead atoms. The van der Waals surface area contributed by atoms with Crippen LogP contribution >= 0.6 is 23.5 Å². The minimum atomic E-state index is -0.473. The fourth-order valence-electron chi connectivity index (χ4n) is 8.59. The van der Waals surface area contributed by atoms with Gasteiger partial charge in [-0.1, -0.05) is 52.0 Å². The molecule has 2 aromatic carbocycles. The predicted octanol–water partition coefficient (Wildman–Crippen LogP) is 8.66. The molecular formula is C35H44N2OS2. The van der Waals surface area contributed by atoms with Crippen molar-refractivity contribution in [1.82, 2.24) is 5.32 Å². The molecule has 1 saturated heterocycles. The summed E-state index contributed by atoms with van der Waals surface area (Å²) in [6, 6.07) is 21.2. The number of carbonyl (C=O) groups excluding carboxylic acids is 1. The summed E-state index contributed by atoms with van der Waals surface area (Å²) in [7, 11) is 0. The van der Waals surface area contributed by atoms with Crippen LogP contribution in [0.4, 0.5) is 0 Å². The zero-order valence-corrected chi connectivity index (χ0v) is 26.0. The van der Waals surface area contributed by atoms with E-state index in [9.17, 15) is 10.1 Å². The largest absolute Gasteiger partial charge is 0.352 e. The summed E-state index contributed by atoms with van der Waals surface area (Å²) < 4.78 is 0.